The van der Waals surface area contributed by atoms with E-state index in [0.29, 0.717) is 37.7 Å². The fourth-order valence-electron chi connectivity index (χ4n) is 3.08. The number of hydrogen-bond acceptors (Lipinski definition) is 4. The van der Waals surface area contributed by atoms with E-state index in [2.05, 4.69) is 10.1 Å². The van der Waals surface area contributed by atoms with Crippen LogP contribution < -0.4 is 4.74 Å². The Morgan fingerprint density at radius 2 is 2.00 bits per heavy atom. The first kappa shape index (κ1) is 17.2. The van der Waals surface area contributed by atoms with Gasteiger partial charge in [0.05, 0.1) is 24.5 Å². The Kier molecular flexibility index (Phi) is 4.58. The Labute approximate surface area is 156 Å². The van der Waals surface area contributed by atoms with Gasteiger partial charge in [-0.2, -0.15) is 0 Å². The highest BCUT2D eigenvalue weighted by atomic mass is 19.1. The number of aryl methyl sites for hydroxylation is 1. The Hall–Kier alpha value is -3.22. The number of nitrogens with zero attached hydrogens (tertiary/aromatic N) is 4. The summed E-state index contributed by atoms with van der Waals surface area (Å²) in [4.78, 5) is 18.6. The molecule has 0 saturated heterocycles. The van der Waals surface area contributed by atoms with E-state index in [9.17, 15) is 9.18 Å². The molecular formula is C20H19FN4O2. The molecule has 1 amide bonds. The number of halogens is 1. The van der Waals surface area contributed by atoms with E-state index in [1.165, 1.54) is 24.3 Å². The van der Waals surface area contributed by atoms with Crippen LogP contribution in [0.25, 0.3) is 0 Å². The third-order valence-corrected chi connectivity index (χ3v) is 4.49. The van der Waals surface area contributed by atoms with Gasteiger partial charge in [0, 0.05) is 24.4 Å². The zero-order chi connectivity index (χ0) is 18.8. The van der Waals surface area contributed by atoms with Crippen molar-refractivity contribution in [1.82, 2.24) is 19.7 Å². The predicted octanol–water partition coefficient (Wildman–Crippen LogP) is 2.96. The molecule has 0 radical (unpaired) electrons. The number of carbonyl (C=O) groups is 1. The first-order chi connectivity index (χ1) is 13.1. The molecule has 1 aliphatic rings. The van der Waals surface area contributed by atoms with Crippen molar-refractivity contribution in [1.29, 1.82) is 0 Å². The van der Waals surface area contributed by atoms with Crippen molar-refractivity contribution in [2.75, 3.05) is 6.54 Å². The largest absolute Gasteiger partial charge is 0.470 e. The van der Waals surface area contributed by atoms with Crippen molar-refractivity contribution in [3.8, 4) is 5.88 Å². The van der Waals surface area contributed by atoms with Crippen molar-refractivity contribution >= 4 is 5.91 Å². The normalized spacial score (nSPS) is 13.3. The molecule has 0 bridgehead atoms. The van der Waals surface area contributed by atoms with E-state index >= 15 is 0 Å². The van der Waals surface area contributed by atoms with Gasteiger partial charge < -0.3 is 9.64 Å². The predicted molar refractivity (Wildman–Crippen MR) is 96.7 cm³/mol. The molecule has 7 heteroatoms. The highest BCUT2D eigenvalue weighted by molar-refractivity contribution is 5.94. The standard InChI is InChI=1S/C20H19FN4O2/c1-14-6-7-22-17(10-14)13-27-19-11-18-12-24(8-9-25(18)23-19)20(26)15-2-4-16(21)5-3-15/h2-7,10-11H,8-9,12-13H2,1H3. The number of benzene rings is 1. The maximum Gasteiger partial charge on any atom is 0.254 e. The van der Waals surface area contributed by atoms with Crippen LogP contribution in [0.3, 0.4) is 0 Å². The molecule has 2 aromatic heterocycles. The van der Waals surface area contributed by atoms with E-state index in [-0.39, 0.29) is 11.7 Å². The lowest BCUT2D eigenvalue weighted by atomic mass is 10.1. The van der Waals surface area contributed by atoms with Gasteiger partial charge in [-0.1, -0.05) is 0 Å². The zero-order valence-corrected chi connectivity index (χ0v) is 14.9. The second-order valence-corrected chi connectivity index (χ2v) is 6.54. The lowest BCUT2D eigenvalue weighted by Crippen LogP contribution is -2.38. The molecule has 27 heavy (non-hydrogen) atoms. The van der Waals surface area contributed by atoms with Gasteiger partial charge in [-0.05, 0) is 48.9 Å². The highest BCUT2D eigenvalue weighted by Gasteiger charge is 2.23. The summed E-state index contributed by atoms with van der Waals surface area (Å²) in [7, 11) is 0. The summed E-state index contributed by atoms with van der Waals surface area (Å²) in [5, 5.41) is 4.45. The smallest absolute Gasteiger partial charge is 0.254 e. The summed E-state index contributed by atoms with van der Waals surface area (Å²) in [6, 6.07) is 11.4. The molecule has 1 aliphatic heterocycles. The number of amides is 1. The Morgan fingerprint density at radius 3 is 2.78 bits per heavy atom. The summed E-state index contributed by atoms with van der Waals surface area (Å²) in [6.07, 6.45) is 1.76. The van der Waals surface area contributed by atoms with Gasteiger partial charge in [0.25, 0.3) is 5.91 Å². The van der Waals surface area contributed by atoms with Crippen molar-refractivity contribution in [2.24, 2.45) is 0 Å². The third-order valence-electron chi connectivity index (χ3n) is 4.49. The lowest BCUT2D eigenvalue weighted by Gasteiger charge is -2.27. The maximum atomic E-state index is 13.1. The number of pyridine rings is 1. The van der Waals surface area contributed by atoms with Crippen LogP contribution >= 0.6 is 0 Å². The van der Waals surface area contributed by atoms with Crippen LogP contribution in [0.15, 0.2) is 48.7 Å². The minimum atomic E-state index is -0.354. The molecule has 0 atom stereocenters. The Balaban J connectivity index is 1.42. The van der Waals surface area contributed by atoms with Crippen LogP contribution in [0.4, 0.5) is 4.39 Å². The Bertz CT molecular complexity index is 968. The fourth-order valence-corrected chi connectivity index (χ4v) is 3.08. The highest BCUT2D eigenvalue weighted by Crippen LogP contribution is 2.20. The summed E-state index contributed by atoms with van der Waals surface area (Å²) < 4.78 is 20.7. The van der Waals surface area contributed by atoms with Crippen LogP contribution in [0.5, 0.6) is 5.88 Å². The number of aromatic nitrogens is 3. The average Bonchev–Trinajstić information content (AvgIpc) is 3.08. The van der Waals surface area contributed by atoms with E-state index in [1.54, 1.807) is 11.1 Å². The zero-order valence-electron chi connectivity index (χ0n) is 14.9. The molecule has 6 nitrogen and oxygen atoms in total. The number of hydrogen-bond donors (Lipinski definition) is 0. The van der Waals surface area contributed by atoms with Gasteiger partial charge in [-0.15, -0.1) is 5.10 Å². The number of ether oxygens (including phenoxy) is 1. The molecule has 3 heterocycles. The second-order valence-electron chi connectivity index (χ2n) is 6.54. The second kappa shape index (κ2) is 7.19. The van der Waals surface area contributed by atoms with Crippen molar-refractivity contribution < 1.29 is 13.9 Å². The van der Waals surface area contributed by atoms with Crippen LogP contribution in [0, 0.1) is 12.7 Å². The van der Waals surface area contributed by atoms with E-state index in [0.717, 1.165) is 17.0 Å². The Morgan fingerprint density at radius 1 is 1.19 bits per heavy atom. The average molecular weight is 366 g/mol. The summed E-state index contributed by atoms with van der Waals surface area (Å²) in [6.45, 7) is 3.93. The minimum absolute atomic E-state index is 0.117. The van der Waals surface area contributed by atoms with Crippen molar-refractivity contribution in [3.05, 3.63) is 77.0 Å². The lowest BCUT2D eigenvalue weighted by molar-refractivity contribution is 0.0706. The molecule has 0 N–H and O–H groups in total. The van der Waals surface area contributed by atoms with E-state index in [4.69, 9.17) is 4.74 Å². The molecule has 1 aromatic carbocycles. The van der Waals surface area contributed by atoms with E-state index in [1.807, 2.05) is 29.8 Å². The van der Waals surface area contributed by atoms with Gasteiger partial charge in [0.15, 0.2) is 0 Å². The number of carbonyl (C=O) groups excluding carboxylic acids is 1. The molecule has 0 spiro atoms. The first-order valence-electron chi connectivity index (χ1n) is 8.74. The van der Waals surface area contributed by atoms with Crippen LogP contribution in [0.2, 0.25) is 0 Å². The topological polar surface area (TPSA) is 60.2 Å². The van der Waals surface area contributed by atoms with Gasteiger partial charge in [-0.3, -0.25) is 14.5 Å². The summed E-state index contributed by atoms with van der Waals surface area (Å²) in [5.41, 5.74) is 3.35. The van der Waals surface area contributed by atoms with Gasteiger partial charge in [-0.25, -0.2) is 4.39 Å². The van der Waals surface area contributed by atoms with Crippen LogP contribution in [-0.2, 0) is 19.7 Å². The quantitative estimate of drug-likeness (QED) is 0.712. The molecule has 4 rings (SSSR count). The molecule has 0 saturated carbocycles. The molecule has 0 fully saturated rings. The molecule has 0 unspecified atom stereocenters. The van der Waals surface area contributed by atoms with Gasteiger partial charge in [0.1, 0.15) is 12.4 Å². The molecule has 0 aliphatic carbocycles. The SMILES string of the molecule is Cc1ccnc(COc2cc3n(n2)CCN(C(=O)c2ccc(F)cc2)C3)c1. The van der Waals surface area contributed by atoms with Crippen molar-refractivity contribution in [2.45, 2.75) is 26.6 Å². The van der Waals surface area contributed by atoms with Crippen LogP contribution in [0.1, 0.15) is 27.3 Å². The van der Waals surface area contributed by atoms with Crippen LogP contribution in [-0.4, -0.2) is 32.1 Å². The van der Waals surface area contributed by atoms with E-state index < -0.39 is 0 Å². The molecule has 138 valence electrons. The van der Waals surface area contributed by atoms with Gasteiger partial charge in [0.2, 0.25) is 5.88 Å². The maximum absolute atomic E-state index is 13.1. The van der Waals surface area contributed by atoms with Crippen molar-refractivity contribution in [3.63, 3.8) is 0 Å². The minimum Gasteiger partial charge on any atom is -0.470 e. The monoisotopic (exact) mass is 366 g/mol. The number of rotatable bonds is 4. The van der Waals surface area contributed by atoms with Gasteiger partial charge >= 0.3 is 0 Å². The third kappa shape index (κ3) is 3.81. The summed E-state index contributed by atoms with van der Waals surface area (Å²) >= 11 is 0. The summed E-state index contributed by atoms with van der Waals surface area (Å²) in [5.74, 6) is 0.0476. The fraction of sp³-hybridized carbons (Fsp3) is 0.250. The number of fused-ring (bicyclic) bond motifs is 1. The molecule has 3 aromatic rings. The first-order valence-corrected chi connectivity index (χ1v) is 8.74. The molecular weight excluding hydrogens is 347 g/mol.